The number of nitrogens with zero attached hydrogens (tertiary/aromatic N) is 5. The molecule has 3 heterocycles. The molecule has 35 heavy (non-hydrogen) atoms. The summed E-state index contributed by atoms with van der Waals surface area (Å²) in [6.07, 6.45) is 5.37. The average molecular weight is 472 g/mol. The smallest absolute Gasteiger partial charge is 0.274 e. The SMILES string of the molecule is CN(C)C(=O)c1cccc(-c2ccc3c(c2)[C@H]2[C@H](CCN2C(=O)c2cnccn2)[C@@H](CO)N3C)c1. The Hall–Kier alpha value is -3.78. The molecule has 1 fully saturated rings. The number of amides is 2. The second kappa shape index (κ2) is 9.11. The van der Waals surface area contributed by atoms with Crippen LogP contribution in [-0.2, 0) is 0 Å². The first kappa shape index (κ1) is 23.0. The van der Waals surface area contributed by atoms with Crippen molar-refractivity contribution in [1.29, 1.82) is 0 Å². The zero-order chi connectivity index (χ0) is 24.7. The van der Waals surface area contributed by atoms with Crippen LogP contribution in [0.25, 0.3) is 11.1 Å². The third kappa shape index (κ3) is 3.93. The molecular weight excluding hydrogens is 442 g/mol. The van der Waals surface area contributed by atoms with E-state index >= 15 is 0 Å². The van der Waals surface area contributed by atoms with Gasteiger partial charge in [-0.15, -0.1) is 0 Å². The number of likely N-dealkylation sites (N-methyl/N-ethyl adjacent to an activating group) is 1. The van der Waals surface area contributed by atoms with Gasteiger partial charge in [-0.1, -0.05) is 18.2 Å². The highest BCUT2D eigenvalue weighted by Gasteiger charge is 2.48. The van der Waals surface area contributed by atoms with Gasteiger partial charge < -0.3 is 19.8 Å². The van der Waals surface area contributed by atoms with Gasteiger partial charge in [-0.2, -0.15) is 0 Å². The van der Waals surface area contributed by atoms with Crippen LogP contribution in [0.4, 0.5) is 5.69 Å². The topological polar surface area (TPSA) is 89.9 Å². The van der Waals surface area contributed by atoms with E-state index in [4.69, 9.17) is 0 Å². The first-order valence-corrected chi connectivity index (χ1v) is 11.8. The van der Waals surface area contributed by atoms with Gasteiger partial charge in [0.05, 0.1) is 24.9 Å². The highest BCUT2D eigenvalue weighted by Crippen LogP contribution is 2.49. The fourth-order valence-electron chi connectivity index (χ4n) is 5.51. The second-order valence-electron chi connectivity index (χ2n) is 9.40. The number of aliphatic hydroxyl groups excluding tert-OH is 1. The number of rotatable bonds is 4. The van der Waals surface area contributed by atoms with Crippen LogP contribution in [0.5, 0.6) is 0 Å². The van der Waals surface area contributed by atoms with Crippen LogP contribution in [0.2, 0.25) is 0 Å². The fourth-order valence-corrected chi connectivity index (χ4v) is 5.51. The van der Waals surface area contributed by atoms with Crippen LogP contribution in [0.3, 0.4) is 0 Å². The summed E-state index contributed by atoms with van der Waals surface area (Å²) in [4.78, 5) is 39.8. The highest BCUT2D eigenvalue weighted by molar-refractivity contribution is 5.95. The summed E-state index contributed by atoms with van der Waals surface area (Å²) >= 11 is 0. The molecule has 3 aromatic rings. The molecule has 8 heteroatoms. The zero-order valence-corrected chi connectivity index (χ0v) is 20.1. The minimum absolute atomic E-state index is 0.0146. The summed E-state index contributed by atoms with van der Waals surface area (Å²) in [7, 11) is 5.48. The van der Waals surface area contributed by atoms with Crippen LogP contribution in [0.15, 0.2) is 61.1 Å². The second-order valence-corrected chi connectivity index (χ2v) is 9.40. The fraction of sp³-hybridized carbons (Fsp3) is 0.333. The molecule has 0 radical (unpaired) electrons. The quantitative estimate of drug-likeness (QED) is 0.629. The maximum Gasteiger partial charge on any atom is 0.274 e. The molecule has 5 rings (SSSR count). The lowest BCUT2D eigenvalue weighted by molar-refractivity contribution is 0.0687. The monoisotopic (exact) mass is 471 g/mol. The summed E-state index contributed by atoms with van der Waals surface area (Å²) < 4.78 is 0. The molecule has 2 amide bonds. The Balaban J connectivity index is 1.59. The third-order valence-electron chi connectivity index (χ3n) is 7.24. The number of aliphatic hydroxyl groups is 1. The predicted molar refractivity (Wildman–Crippen MR) is 133 cm³/mol. The van der Waals surface area contributed by atoms with Crippen LogP contribution >= 0.6 is 0 Å². The number of hydrogen-bond acceptors (Lipinski definition) is 6. The van der Waals surface area contributed by atoms with Crippen LogP contribution in [0, 0.1) is 5.92 Å². The summed E-state index contributed by atoms with van der Waals surface area (Å²) in [6, 6.07) is 13.5. The van der Waals surface area contributed by atoms with Gasteiger partial charge in [0.1, 0.15) is 5.69 Å². The van der Waals surface area contributed by atoms with Crippen molar-refractivity contribution in [3.8, 4) is 11.1 Å². The van der Waals surface area contributed by atoms with Crippen LogP contribution in [0.1, 0.15) is 38.9 Å². The van der Waals surface area contributed by atoms with Gasteiger partial charge in [0.25, 0.3) is 11.8 Å². The van der Waals surface area contributed by atoms with Crippen molar-refractivity contribution >= 4 is 17.5 Å². The summed E-state index contributed by atoms with van der Waals surface area (Å²) in [6.45, 7) is 0.603. The average Bonchev–Trinajstić information content (AvgIpc) is 3.33. The number of likely N-dealkylation sites (tertiary alicyclic amines) is 1. The van der Waals surface area contributed by atoms with Gasteiger partial charge in [-0.25, -0.2) is 4.98 Å². The normalized spacial score (nSPS) is 20.9. The number of aromatic nitrogens is 2. The zero-order valence-electron chi connectivity index (χ0n) is 20.1. The number of fused-ring (bicyclic) bond motifs is 3. The first-order chi connectivity index (χ1) is 16.9. The number of carbonyl (C=O) groups is 2. The Morgan fingerprint density at radius 3 is 2.63 bits per heavy atom. The van der Waals surface area contributed by atoms with E-state index in [1.807, 2.05) is 48.3 Å². The van der Waals surface area contributed by atoms with E-state index in [-0.39, 0.29) is 36.4 Å². The van der Waals surface area contributed by atoms with Crippen molar-refractivity contribution < 1.29 is 14.7 Å². The molecule has 1 N–H and O–H groups in total. The molecule has 3 atom stereocenters. The Morgan fingerprint density at radius 1 is 1.11 bits per heavy atom. The Labute approximate surface area is 204 Å². The largest absolute Gasteiger partial charge is 0.394 e. The molecule has 0 unspecified atom stereocenters. The number of anilines is 1. The number of carbonyl (C=O) groups excluding carboxylic acids is 2. The Morgan fingerprint density at radius 2 is 1.91 bits per heavy atom. The van der Waals surface area contributed by atoms with Gasteiger partial charge in [0, 0.05) is 57.3 Å². The molecule has 0 aliphatic carbocycles. The molecule has 180 valence electrons. The first-order valence-electron chi connectivity index (χ1n) is 11.8. The lowest BCUT2D eigenvalue weighted by Gasteiger charge is -2.44. The lowest BCUT2D eigenvalue weighted by atomic mass is 9.81. The molecule has 1 saturated heterocycles. The molecule has 1 aromatic heterocycles. The molecule has 2 aliphatic rings. The van der Waals surface area contributed by atoms with Crippen molar-refractivity contribution in [2.75, 3.05) is 39.2 Å². The van der Waals surface area contributed by atoms with Crippen molar-refractivity contribution in [2.24, 2.45) is 5.92 Å². The number of hydrogen-bond donors (Lipinski definition) is 1. The van der Waals surface area contributed by atoms with E-state index in [0.717, 1.165) is 28.8 Å². The van der Waals surface area contributed by atoms with Gasteiger partial charge in [0.2, 0.25) is 0 Å². The standard InChI is InChI=1S/C27H29N5O3/c1-30(2)26(34)19-6-4-5-17(13-19)18-7-8-23-21(14-18)25-20(24(16-33)31(23)3)9-12-32(25)27(35)22-15-28-10-11-29-22/h4-8,10-11,13-15,20,24-25,33H,9,12,16H2,1-3H3/t20-,24-,25-/m1/s1. The van der Waals surface area contributed by atoms with Crippen LogP contribution in [-0.4, -0.2) is 77.0 Å². The summed E-state index contributed by atoms with van der Waals surface area (Å²) in [5, 5.41) is 10.2. The van der Waals surface area contributed by atoms with Crippen molar-refractivity contribution in [1.82, 2.24) is 19.8 Å². The van der Waals surface area contributed by atoms with Crippen molar-refractivity contribution in [3.63, 3.8) is 0 Å². The third-order valence-corrected chi connectivity index (χ3v) is 7.24. The molecule has 2 aliphatic heterocycles. The molecule has 0 bridgehead atoms. The van der Waals surface area contributed by atoms with E-state index in [1.165, 1.54) is 12.4 Å². The van der Waals surface area contributed by atoms with Gasteiger partial charge in [-0.05, 0) is 47.4 Å². The summed E-state index contributed by atoms with van der Waals surface area (Å²) in [5.41, 5.74) is 4.90. The minimum atomic E-state index is -0.181. The van der Waals surface area contributed by atoms with Gasteiger partial charge >= 0.3 is 0 Å². The van der Waals surface area contributed by atoms with E-state index < -0.39 is 0 Å². The molecule has 2 aromatic carbocycles. The van der Waals surface area contributed by atoms with E-state index in [1.54, 1.807) is 25.2 Å². The number of benzene rings is 2. The summed E-state index contributed by atoms with van der Waals surface area (Å²) in [5.74, 6) is -0.108. The highest BCUT2D eigenvalue weighted by atomic mass is 16.3. The molecule has 0 spiro atoms. The van der Waals surface area contributed by atoms with E-state index in [9.17, 15) is 14.7 Å². The Kier molecular flexibility index (Phi) is 5.98. The maximum absolute atomic E-state index is 13.4. The predicted octanol–water partition coefficient (Wildman–Crippen LogP) is 2.86. The van der Waals surface area contributed by atoms with E-state index in [2.05, 4.69) is 20.9 Å². The van der Waals surface area contributed by atoms with Gasteiger partial charge in [-0.3, -0.25) is 14.6 Å². The Bertz CT molecular complexity index is 1260. The van der Waals surface area contributed by atoms with Crippen LogP contribution < -0.4 is 4.90 Å². The van der Waals surface area contributed by atoms with Gasteiger partial charge in [0.15, 0.2) is 0 Å². The van der Waals surface area contributed by atoms with E-state index in [0.29, 0.717) is 17.8 Å². The molecular formula is C27H29N5O3. The van der Waals surface area contributed by atoms with Crippen molar-refractivity contribution in [3.05, 3.63) is 77.9 Å². The molecule has 0 saturated carbocycles. The minimum Gasteiger partial charge on any atom is -0.394 e. The van der Waals surface area contributed by atoms with Crippen molar-refractivity contribution in [2.45, 2.75) is 18.5 Å². The maximum atomic E-state index is 13.4. The lowest BCUT2D eigenvalue weighted by Crippen LogP contribution is -2.48. The molecule has 8 nitrogen and oxygen atoms in total.